The number of methoxy groups -OCH3 is 1. The highest BCUT2D eigenvalue weighted by molar-refractivity contribution is 6.04. The first kappa shape index (κ1) is 21.8. The van der Waals surface area contributed by atoms with E-state index in [4.69, 9.17) is 9.15 Å². The molecule has 0 saturated heterocycles. The SMILES string of the molecule is COc1ccc(C2=NN(C(=O)CNc3ccccc3C(=O)NC3CC3)[C@H](c3ccco3)C2)cc1. The van der Waals surface area contributed by atoms with E-state index in [2.05, 4.69) is 15.7 Å². The van der Waals surface area contributed by atoms with Gasteiger partial charge in [-0.15, -0.1) is 0 Å². The minimum absolute atomic E-state index is 0.00960. The molecule has 1 aliphatic carbocycles. The number of para-hydroxylation sites is 1. The van der Waals surface area contributed by atoms with Crippen molar-refractivity contribution in [1.29, 1.82) is 0 Å². The van der Waals surface area contributed by atoms with Crippen LogP contribution in [0.1, 0.15) is 47.0 Å². The summed E-state index contributed by atoms with van der Waals surface area (Å²) in [5.41, 5.74) is 2.85. The number of furan rings is 1. The Bertz CT molecular complexity index is 1200. The molecule has 2 aliphatic rings. The predicted molar refractivity (Wildman–Crippen MR) is 128 cm³/mol. The van der Waals surface area contributed by atoms with Gasteiger partial charge >= 0.3 is 0 Å². The average molecular weight is 459 g/mol. The molecule has 1 aliphatic heterocycles. The van der Waals surface area contributed by atoms with Gasteiger partial charge in [0.2, 0.25) is 0 Å². The maximum absolute atomic E-state index is 13.3. The molecule has 3 aromatic rings. The molecule has 2 heterocycles. The lowest BCUT2D eigenvalue weighted by Crippen LogP contribution is -2.33. The van der Waals surface area contributed by atoms with Gasteiger partial charge < -0.3 is 19.8 Å². The summed E-state index contributed by atoms with van der Waals surface area (Å²) in [5.74, 6) is 1.08. The zero-order valence-electron chi connectivity index (χ0n) is 18.9. The number of carbonyl (C=O) groups is 2. The quantitative estimate of drug-likeness (QED) is 0.533. The van der Waals surface area contributed by atoms with Gasteiger partial charge in [-0.25, -0.2) is 5.01 Å². The van der Waals surface area contributed by atoms with Crippen molar-refractivity contribution in [3.8, 4) is 5.75 Å². The molecule has 0 unspecified atom stereocenters. The fraction of sp³-hybridized carbons (Fsp3) is 0.269. The molecule has 8 heteroatoms. The molecule has 0 radical (unpaired) electrons. The molecule has 2 amide bonds. The van der Waals surface area contributed by atoms with E-state index in [1.165, 1.54) is 5.01 Å². The fourth-order valence-corrected chi connectivity index (χ4v) is 3.98. The van der Waals surface area contributed by atoms with E-state index < -0.39 is 0 Å². The Morgan fingerprint density at radius 1 is 1.09 bits per heavy atom. The lowest BCUT2D eigenvalue weighted by molar-refractivity contribution is -0.131. The van der Waals surface area contributed by atoms with Crippen molar-refractivity contribution in [2.45, 2.75) is 31.3 Å². The molecule has 5 rings (SSSR count). The second-order valence-electron chi connectivity index (χ2n) is 8.40. The number of rotatable bonds is 8. The standard InChI is InChI=1S/C26H26N4O4/c1-33-19-12-8-17(9-13-19)22-15-23(24-7-4-14-34-24)30(29-22)25(31)16-27-21-6-3-2-5-20(21)26(32)28-18-10-11-18/h2-9,12-14,18,23,27H,10-11,15-16H2,1H3,(H,28,32)/t23-/m0/s1. The summed E-state index contributed by atoms with van der Waals surface area (Å²) >= 11 is 0. The maximum atomic E-state index is 13.3. The molecule has 2 N–H and O–H groups in total. The Hall–Kier alpha value is -4.07. The van der Waals surface area contributed by atoms with Crippen LogP contribution in [-0.2, 0) is 4.79 Å². The number of nitrogens with one attached hydrogen (secondary N) is 2. The molecule has 2 aromatic carbocycles. The highest BCUT2D eigenvalue weighted by Gasteiger charge is 2.35. The number of hydrogen-bond acceptors (Lipinski definition) is 6. The Labute approximate surface area is 197 Å². The Balaban J connectivity index is 1.33. The average Bonchev–Trinajstić information content (AvgIpc) is 3.33. The number of carbonyl (C=O) groups excluding carboxylic acids is 2. The van der Waals surface area contributed by atoms with Crippen LogP contribution >= 0.6 is 0 Å². The van der Waals surface area contributed by atoms with Crippen LogP contribution in [0.4, 0.5) is 5.69 Å². The number of benzene rings is 2. The van der Waals surface area contributed by atoms with Gasteiger partial charge in [-0.05, 0) is 66.9 Å². The first-order valence-electron chi connectivity index (χ1n) is 11.3. The molecule has 1 saturated carbocycles. The summed E-state index contributed by atoms with van der Waals surface area (Å²) in [6.45, 7) is -0.00960. The highest BCUT2D eigenvalue weighted by atomic mass is 16.5. The number of hydrogen-bond donors (Lipinski definition) is 2. The number of anilines is 1. The Morgan fingerprint density at radius 3 is 2.59 bits per heavy atom. The third-order valence-corrected chi connectivity index (χ3v) is 5.98. The van der Waals surface area contributed by atoms with Crippen LogP contribution in [0.5, 0.6) is 5.75 Å². The number of ether oxygens (including phenoxy) is 1. The molecule has 174 valence electrons. The van der Waals surface area contributed by atoms with Crippen molar-refractivity contribution in [3.05, 3.63) is 83.8 Å². The summed E-state index contributed by atoms with van der Waals surface area (Å²) in [6.07, 6.45) is 4.15. The van der Waals surface area contributed by atoms with Gasteiger partial charge in [0.1, 0.15) is 17.6 Å². The van der Waals surface area contributed by atoms with E-state index in [0.29, 0.717) is 23.4 Å². The zero-order valence-corrected chi connectivity index (χ0v) is 18.9. The Morgan fingerprint density at radius 2 is 1.88 bits per heavy atom. The van der Waals surface area contributed by atoms with Crippen LogP contribution in [0.3, 0.4) is 0 Å². The molecular formula is C26H26N4O4. The largest absolute Gasteiger partial charge is 0.497 e. The van der Waals surface area contributed by atoms with Gasteiger partial charge in [0.05, 0.1) is 31.2 Å². The third-order valence-electron chi connectivity index (χ3n) is 5.98. The van der Waals surface area contributed by atoms with Gasteiger partial charge in [-0.1, -0.05) is 12.1 Å². The van der Waals surface area contributed by atoms with E-state index in [9.17, 15) is 9.59 Å². The van der Waals surface area contributed by atoms with Crippen LogP contribution < -0.4 is 15.4 Å². The number of amides is 2. The van der Waals surface area contributed by atoms with Gasteiger partial charge in [0.15, 0.2) is 0 Å². The van der Waals surface area contributed by atoms with Crippen molar-refractivity contribution in [1.82, 2.24) is 10.3 Å². The van der Waals surface area contributed by atoms with Crippen LogP contribution in [-0.4, -0.2) is 42.2 Å². The summed E-state index contributed by atoms with van der Waals surface area (Å²) in [7, 11) is 1.62. The third kappa shape index (κ3) is 4.66. The van der Waals surface area contributed by atoms with E-state index in [1.807, 2.05) is 42.5 Å². The molecule has 34 heavy (non-hydrogen) atoms. The molecule has 0 bridgehead atoms. The second-order valence-corrected chi connectivity index (χ2v) is 8.40. The Kier molecular flexibility index (Phi) is 6.03. The minimum Gasteiger partial charge on any atom is -0.497 e. The fourth-order valence-electron chi connectivity index (χ4n) is 3.98. The first-order valence-corrected chi connectivity index (χ1v) is 11.3. The van der Waals surface area contributed by atoms with Crippen molar-refractivity contribution in [2.75, 3.05) is 19.0 Å². The van der Waals surface area contributed by atoms with E-state index in [1.54, 1.807) is 31.6 Å². The summed E-state index contributed by atoms with van der Waals surface area (Å²) in [4.78, 5) is 25.8. The van der Waals surface area contributed by atoms with Crippen LogP contribution in [0.25, 0.3) is 0 Å². The van der Waals surface area contributed by atoms with Gasteiger partial charge in [0, 0.05) is 18.2 Å². The topological polar surface area (TPSA) is 96.2 Å². The smallest absolute Gasteiger partial charge is 0.262 e. The minimum atomic E-state index is -0.338. The first-order chi connectivity index (χ1) is 16.6. The van der Waals surface area contributed by atoms with Crippen LogP contribution in [0.15, 0.2) is 76.4 Å². The normalized spacial score (nSPS) is 17.3. The van der Waals surface area contributed by atoms with Crippen molar-refractivity contribution in [3.63, 3.8) is 0 Å². The highest BCUT2D eigenvalue weighted by Crippen LogP contribution is 2.33. The summed E-state index contributed by atoms with van der Waals surface area (Å²) < 4.78 is 10.9. The van der Waals surface area contributed by atoms with Gasteiger partial charge in [-0.2, -0.15) is 5.10 Å². The van der Waals surface area contributed by atoms with Crippen LogP contribution in [0, 0.1) is 0 Å². The molecule has 1 aromatic heterocycles. The van der Waals surface area contributed by atoms with Crippen LogP contribution in [0.2, 0.25) is 0 Å². The molecular weight excluding hydrogens is 432 g/mol. The molecule has 0 spiro atoms. The lowest BCUT2D eigenvalue weighted by Gasteiger charge is -2.20. The monoisotopic (exact) mass is 458 g/mol. The number of hydrazone groups is 1. The lowest BCUT2D eigenvalue weighted by atomic mass is 10.0. The van der Waals surface area contributed by atoms with Gasteiger partial charge in [0.25, 0.3) is 11.8 Å². The summed E-state index contributed by atoms with van der Waals surface area (Å²) in [5, 5.41) is 12.2. The molecule has 8 nitrogen and oxygen atoms in total. The number of nitrogens with zero attached hydrogens (tertiary/aromatic N) is 2. The van der Waals surface area contributed by atoms with Crippen molar-refractivity contribution >= 4 is 23.2 Å². The van der Waals surface area contributed by atoms with Crippen molar-refractivity contribution < 1.29 is 18.7 Å². The molecule has 1 atom stereocenters. The molecule has 1 fully saturated rings. The van der Waals surface area contributed by atoms with E-state index in [0.717, 1.165) is 29.9 Å². The van der Waals surface area contributed by atoms with Crippen molar-refractivity contribution in [2.24, 2.45) is 5.10 Å². The van der Waals surface area contributed by atoms with E-state index in [-0.39, 0.29) is 30.4 Å². The zero-order chi connectivity index (χ0) is 23.5. The second kappa shape index (κ2) is 9.43. The predicted octanol–water partition coefficient (Wildman–Crippen LogP) is 3.97. The van der Waals surface area contributed by atoms with E-state index >= 15 is 0 Å². The van der Waals surface area contributed by atoms with Gasteiger partial charge in [-0.3, -0.25) is 9.59 Å². The maximum Gasteiger partial charge on any atom is 0.262 e. The summed E-state index contributed by atoms with van der Waals surface area (Å²) in [6, 6.07) is 18.4.